The van der Waals surface area contributed by atoms with Crippen LogP contribution < -0.4 is 0 Å². The molecular formula is C55H34N4O. The van der Waals surface area contributed by atoms with Crippen LogP contribution >= 0.6 is 0 Å². The molecule has 0 fully saturated rings. The highest BCUT2D eigenvalue weighted by Crippen LogP contribution is 2.42. The molecule has 3 heterocycles. The normalized spacial score (nSPS) is 11.7. The third kappa shape index (κ3) is 5.59. The zero-order chi connectivity index (χ0) is 39.6. The second kappa shape index (κ2) is 13.8. The molecule has 0 amide bonds. The largest absolute Gasteiger partial charge is 0.456 e. The van der Waals surface area contributed by atoms with Gasteiger partial charge in [0.25, 0.3) is 0 Å². The molecule has 0 radical (unpaired) electrons. The van der Waals surface area contributed by atoms with Crippen molar-refractivity contribution in [3.05, 3.63) is 206 Å². The average molecular weight is 767 g/mol. The van der Waals surface area contributed by atoms with Gasteiger partial charge in [-0.2, -0.15) is 0 Å². The van der Waals surface area contributed by atoms with Gasteiger partial charge in [-0.15, -0.1) is 0 Å². The molecule has 0 spiro atoms. The van der Waals surface area contributed by atoms with Gasteiger partial charge in [0.15, 0.2) is 17.5 Å². The second-order valence-corrected chi connectivity index (χ2v) is 15.2. The van der Waals surface area contributed by atoms with Gasteiger partial charge in [-0.1, -0.05) is 146 Å². The molecular weight excluding hydrogens is 733 g/mol. The van der Waals surface area contributed by atoms with Crippen LogP contribution in [0.2, 0.25) is 0 Å². The fourth-order valence-corrected chi connectivity index (χ4v) is 8.83. The van der Waals surface area contributed by atoms with Crippen LogP contribution in [0.4, 0.5) is 0 Å². The number of aromatic nitrogens is 4. The zero-order valence-electron chi connectivity index (χ0n) is 32.3. The Labute approximate surface area is 345 Å². The summed E-state index contributed by atoms with van der Waals surface area (Å²) in [5, 5.41) is 6.83. The number of hydrogen-bond donors (Lipinski definition) is 0. The molecule has 3 aromatic heterocycles. The van der Waals surface area contributed by atoms with Crippen molar-refractivity contribution in [2.24, 2.45) is 0 Å². The van der Waals surface area contributed by atoms with E-state index in [2.05, 4.69) is 138 Å². The van der Waals surface area contributed by atoms with E-state index in [1.807, 2.05) is 72.8 Å². The van der Waals surface area contributed by atoms with Crippen LogP contribution in [0, 0.1) is 0 Å². The Hall–Kier alpha value is -8.15. The maximum atomic E-state index is 6.54. The summed E-state index contributed by atoms with van der Waals surface area (Å²) < 4.78 is 8.90. The van der Waals surface area contributed by atoms with Gasteiger partial charge in [0, 0.05) is 43.9 Å². The summed E-state index contributed by atoms with van der Waals surface area (Å²) >= 11 is 0. The molecule has 0 aliphatic heterocycles. The summed E-state index contributed by atoms with van der Waals surface area (Å²) in [7, 11) is 0. The van der Waals surface area contributed by atoms with Crippen molar-refractivity contribution in [3.63, 3.8) is 0 Å². The summed E-state index contributed by atoms with van der Waals surface area (Å²) in [6.45, 7) is 0. The third-order valence-corrected chi connectivity index (χ3v) is 11.6. The minimum Gasteiger partial charge on any atom is -0.456 e. The molecule has 0 saturated heterocycles. The number of fused-ring (bicyclic) bond motifs is 7. The topological polar surface area (TPSA) is 56.7 Å². The van der Waals surface area contributed by atoms with Gasteiger partial charge in [0.2, 0.25) is 0 Å². The first-order valence-electron chi connectivity index (χ1n) is 20.2. The van der Waals surface area contributed by atoms with Crippen molar-refractivity contribution in [2.45, 2.75) is 0 Å². The molecule has 0 bridgehead atoms. The van der Waals surface area contributed by atoms with Gasteiger partial charge in [-0.25, -0.2) is 15.0 Å². The molecule has 0 N–H and O–H groups in total. The van der Waals surface area contributed by atoms with Crippen LogP contribution in [0.3, 0.4) is 0 Å². The quantitative estimate of drug-likeness (QED) is 0.169. The van der Waals surface area contributed by atoms with E-state index >= 15 is 0 Å². The monoisotopic (exact) mass is 766 g/mol. The standard InChI is InChI=1S/C55H34N4O/c1-4-15-35(16-5-1)53-56-54(36-17-6-2-7-18-36)58-55(57-53)44-24-14-26-51-52(44)47-32-37(28-30-50(47)60-51)40-31-38-19-10-11-22-42(38)45(34-40)39-27-29-49-46(33-39)43-23-12-13-25-48(43)59(49)41-20-8-3-9-21-41/h1-34H. The highest BCUT2D eigenvalue weighted by atomic mass is 16.3. The van der Waals surface area contributed by atoms with Gasteiger partial charge in [-0.3, -0.25) is 0 Å². The summed E-state index contributed by atoms with van der Waals surface area (Å²) in [4.78, 5) is 15.1. The molecule has 12 aromatic rings. The number of benzene rings is 9. The summed E-state index contributed by atoms with van der Waals surface area (Å²) in [6, 6.07) is 72.4. The maximum Gasteiger partial charge on any atom is 0.164 e. The van der Waals surface area contributed by atoms with Crippen LogP contribution in [-0.2, 0) is 0 Å². The molecule has 60 heavy (non-hydrogen) atoms. The second-order valence-electron chi connectivity index (χ2n) is 15.2. The Bertz CT molecular complexity index is 3530. The molecule has 12 rings (SSSR count). The third-order valence-electron chi connectivity index (χ3n) is 11.6. The van der Waals surface area contributed by atoms with Crippen molar-refractivity contribution < 1.29 is 4.42 Å². The van der Waals surface area contributed by atoms with E-state index in [1.165, 1.54) is 43.7 Å². The molecule has 280 valence electrons. The van der Waals surface area contributed by atoms with Crippen molar-refractivity contribution in [1.82, 2.24) is 19.5 Å². The fraction of sp³-hybridized carbons (Fsp3) is 0. The smallest absolute Gasteiger partial charge is 0.164 e. The molecule has 0 atom stereocenters. The van der Waals surface area contributed by atoms with Gasteiger partial charge >= 0.3 is 0 Å². The molecule has 0 unspecified atom stereocenters. The van der Waals surface area contributed by atoms with Crippen LogP contribution in [0.1, 0.15) is 0 Å². The lowest BCUT2D eigenvalue weighted by Gasteiger charge is -2.13. The number of hydrogen-bond acceptors (Lipinski definition) is 4. The number of furan rings is 1. The number of nitrogens with zero attached hydrogens (tertiary/aromatic N) is 4. The average Bonchev–Trinajstić information content (AvgIpc) is 3.87. The first-order valence-corrected chi connectivity index (χ1v) is 20.2. The van der Waals surface area contributed by atoms with Crippen LogP contribution in [0.5, 0.6) is 0 Å². The van der Waals surface area contributed by atoms with E-state index in [4.69, 9.17) is 19.4 Å². The molecule has 0 aliphatic rings. The first kappa shape index (κ1) is 33.9. The van der Waals surface area contributed by atoms with E-state index in [0.29, 0.717) is 17.5 Å². The number of para-hydroxylation sites is 2. The molecule has 9 aromatic carbocycles. The minimum atomic E-state index is 0.596. The lowest BCUT2D eigenvalue weighted by atomic mass is 9.92. The van der Waals surface area contributed by atoms with Gasteiger partial charge < -0.3 is 8.98 Å². The van der Waals surface area contributed by atoms with Crippen molar-refractivity contribution in [3.8, 4) is 62.1 Å². The molecule has 0 aliphatic carbocycles. The molecule has 0 saturated carbocycles. The SMILES string of the molecule is c1ccc(-c2nc(-c3ccccc3)nc(-c3cccc4oc5ccc(-c6cc(-c7ccc8c(c7)c7ccccc7n8-c7ccccc7)c7ccccc7c6)cc5c34)n2)cc1. The Kier molecular flexibility index (Phi) is 7.78. The van der Waals surface area contributed by atoms with Crippen LogP contribution in [0.15, 0.2) is 211 Å². The summed E-state index contributed by atoms with van der Waals surface area (Å²) in [5.74, 6) is 1.84. The highest BCUT2D eigenvalue weighted by molar-refractivity contribution is 6.14. The Morgan fingerprint density at radius 1 is 0.333 bits per heavy atom. The van der Waals surface area contributed by atoms with Gasteiger partial charge in [-0.05, 0) is 93.7 Å². The van der Waals surface area contributed by atoms with Crippen molar-refractivity contribution >= 4 is 54.5 Å². The highest BCUT2D eigenvalue weighted by Gasteiger charge is 2.20. The lowest BCUT2D eigenvalue weighted by Crippen LogP contribution is -2.00. The maximum absolute atomic E-state index is 6.54. The number of rotatable bonds is 6. The van der Waals surface area contributed by atoms with E-state index in [9.17, 15) is 0 Å². The van der Waals surface area contributed by atoms with E-state index in [1.54, 1.807) is 0 Å². The van der Waals surface area contributed by atoms with Crippen LogP contribution in [-0.4, -0.2) is 19.5 Å². The zero-order valence-corrected chi connectivity index (χ0v) is 32.3. The fourth-order valence-electron chi connectivity index (χ4n) is 8.83. The van der Waals surface area contributed by atoms with Crippen molar-refractivity contribution in [1.29, 1.82) is 0 Å². The Morgan fingerprint density at radius 3 is 1.72 bits per heavy atom. The van der Waals surface area contributed by atoms with E-state index in [-0.39, 0.29) is 0 Å². The molecule has 5 heteroatoms. The first-order chi connectivity index (χ1) is 29.7. The van der Waals surface area contributed by atoms with Crippen molar-refractivity contribution in [2.75, 3.05) is 0 Å². The van der Waals surface area contributed by atoms with E-state index in [0.717, 1.165) is 55.4 Å². The van der Waals surface area contributed by atoms with Crippen LogP contribution in [0.25, 0.3) is 117 Å². The summed E-state index contributed by atoms with van der Waals surface area (Å²) in [5.41, 5.74) is 12.5. The van der Waals surface area contributed by atoms with Gasteiger partial charge in [0.05, 0.1) is 11.0 Å². The predicted octanol–water partition coefficient (Wildman–Crippen LogP) is 14.4. The molecule has 5 nitrogen and oxygen atoms in total. The van der Waals surface area contributed by atoms with Gasteiger partial charge in [0.1, 0.15) is 11.2 Å². The lowest BCUT2D eigenvalue weighted by molar-refractivity contribution is 0.669. The Morgan fingerprint density at radius 2 is 0.950 bits per heavy atom. The van der Waals surface area contributed by atoms with E-state index < -0.39 is 0 Å². The summed E-state index contributed by atoms with van der Waals surface area (Å²) in [6.07, 6.45) is 0. The Balaban J connectivity index is 1.03. The predicted molar refractivity (Wildman–Crippen MR) is 246 cm³/mol. The minimum absolute atomic E-state index is 0.596.